The number of carbonyl (C=O) groups excluding carboxylic acids is 8. The molecule has 0 spiro atoms. The van der Waals surface area contributed by atoms with Crippen molar-refractivity contribution in [2.75, 3.05) is 42.3 Å². The van der Waals surface area contributed by atoms with Crippen LogP contribution in [0.5, 0.6) is 0 Å². The molecule has 0 radical (unpaired) electrons. The van der Waals surface area contributed by atoms with Gasteiger partial charge < -0.3 is 60.8 Å². The highest BCUT2D eigenvalue weighted by Gasteiger charge is 2.42. The van der Waals surface area contributed by atoms with Crippen LogP contribution in [0.3, 0.4) is 0 Å². The van der Waals surface area contributed by atoms with Crippen LogP contribution in [0, 0.1) is 69.2 Å². The summed E-state index contributed by atoms with van der Waals surface area (Å²) >= 11 is 0. The fourth-order valence-electron chi connectivity index (χ4n) is 16.1. The van der Waals surface area contributed by atoms with Gasteiger partial charge in [0.05, 0.1) is 22.8 Å². The van der Waals surface area contributed by atoms with Gasteiger partial charge in [-0.1, -0.05) is 69.2 Å². The molecule has 13 rings (SSSR count). The number of imidazole rings is 4. The van der Waals surface area contributed by atoms with Gasteiger partial charge in [-0.3, -0.25) is 58.0 Å². The van der Waals surface area contributed by atoms with Crippen LogP contribution in [0.2, 0.25) is 0 Å². The number of halogens is 8. The summed E-state index contributed by atoms with van der Waals surface area (Å²) in [6, 6.07) is 12.7. The number of aromatic nitrogens is 8. The second-order valence-electron chi connectivity index (χ2n) is 39.4. The molecule has 0 saturated heterocycles. The molecule has 8 atom stereocenters. The van der Waals surface area contributed by atoms with Gasteiger partial charge in [-0.25, -0.2) is 55.1 Å². The van der Waals surface area contributed by atoms with Crippen LogP contribution >= 0.6 is 0 Å². The normalized spacial score (nSPS) is 18.3. The molecule has 1 aliphatic carbocycles. The molecular weight excluding hydrogens is 1710 g/mol. The summed E-state index contributed by atoms with van der Waals surface area (Å²) in [4.78, 5) is 131. The fourth-order valence-corrected chi connectivity index (χ4v) is 16.1. The van der Waals surface area contributed by atoms with Crippen LogP contribution < -0.4 is 42.5 Å². The average Bonchev–Trinajstić information content (AvgIpc) is 1.63. The maximum absolute atomic E-state index is 14.1. The highest BCUT2D eigenvalue weighted by atomic mass is 19.2. The van der Waals surface area contributed by atoms with E-state index in [1.54, 1.807) is 0 Å². The molecular formula is C96H130F8N20O8. The van der Waals surface area contributed by atoms with Crippen LogP contribution in [0.15, 0.2) is 72.8 Å². The van der Waals surface area contributed by atoms with Crippen molar-refractivity contribution >= 4 is 47.3 Å². The predicted molar refractivity (Wildman–Crippen MR) is 488 cm³/mol. The smallest absolute Gasteiger partial charge is 0.272 e. The Balaban J connectivity index is 0.000000183. The van der Waals surface area contributed by atoms with Gasteiger partial charge in [-0.05, 0) is 217 Å². The zero-order valence-electron chi connectivity index (χ0n) is 80.0. The molecule has 5 aliphatic rings. The summed E-state index contributed by atoms with van der Waals surface area (Å²) in [7, 11) is 10.9. The maximum Gasteiger partial charge on any atom is 0.272 e. The van der Waals surface area contributed by atoms with E-state index in [1.807, 2.05) is 136 Å². The number of rotatable bonds is 20. The summed E-state index contributed by atoms with van der Waals surface area (Å²) < 4.78 is 118. The summed E-state index contributed by atoms with van der Waals surface area (Å²) in [6.45, 7) is 37.2. The van der Waals surface area contributed by atoms with Crippen LogP contribution in [0.25, 0.3) is 45.6 Å². The molecule has 8 amide bonds. The monoisotopic (exact) mass is 1840 g/mol. The van der Waals surface area contributed by atoms with Crippen molar-refractivity contribution in [1.82, 2.24) is 100 Å². The molecule has 4 aliphatic heterocycles. The Morgan fingerprint density at radius 3 is 0.909 bits per heavy atom. The Hall–Kier alpha value is -11.2. The maximum atomic E-state index is 14.1. The quantitative estimate of drug-likeness (QED) is 0.0329. The van der Waals surface area contributed by atoms with Crippen molar-refractivity contribution in [2.24, 2.45) is 22.7 Å². The number of fused-ring (bicyclic) bond motifs is 4. The molecule has 8 aromatic rings. The molecule has 8 N–H and O–H groups in total. The van der Waals surface area contributed by atoms with E-state index in [4.69, 9.17) is 0 Å². The van der Waals surface area contributed by atoms with Crippen LogP contribution in [0.4, 0.5) is 35.1 Å². The summed E-state index contributed by atoms with van der Waals surface area (Å²) in [6.07, 6.45) is 5.62. The van der Waals surface area contributed by atoms with E-state index in [-0.39, 0.29) is 88.4 Å². The Kier molecular flexibility index (Phi) is 33.3. The molecule has 1 saturated carbocycles. The molecule has 36 heteroatoms. The number of amides is 8. The Morgan fingerprint density at radius 2 is 0.659 bits per heavy atom. The highest BCUT2D eigenvalue weighted by Crippen LogP contribution is 2.36. The molecule has 718 valence electrons. The van der Waals surface area contributed by atoms with Crippen molar-refractivity contribution in [3.8, 4) is 45.6 Å². The second-order valence-corrected chi connectivity index (χ2v) is 39.4. The lowest BCUT2D eigenvalue weighted by Crippen LogP contribution is -2.57. The minimum absolute atomic E-state index is 0.126. The Labute approximate surface area is 767 Å². The second kappa shape index (κ2) is 42.8. The molecule has 4 aromatic heterocycles. The molecule has 1 fully saturated rings. The number of nitrogens with one attached hydrogen (secondary N) is 8. The number of hydrogen-bond donors (Lipinski definition) is 8. The van der Waals surface area contributed by atoms with E-state index in [0.29, 0.717) is 127 Å². The number of carbonyl (C=O) groups is 8. The minimum atomic E-state index is -0.975. The van der Waals surface area contributed by atoms with Crippen LogP contribution in [0.1, 0.15) is 227 Å². The van der Waals surface area contributed by atoms with E-state index in [9.17, 15) is 73.5 Å². The lowest BCUT2D eigenvalue weighted by molar-refractivity contribution is -0.127. The Bertz CT molecular complexity index is 5540. The van der Waals surface area contributed by atoms with Gasteiger partial charge >= 0.3 is 0 Å². The molecule has 8 heterocycles. The SMILES string of the molecule is CC1CCn2c(-c3ccc(F)c(F)c3)nc(C(=O)N[C@H](C(=O)NC(C)(C)C)C(C)(C)C)c2CN1C.CC1CCn2c(-c3ccc(F)c(F)c3)nc(C(=O)N[C@H](C(=O)NC3CC3)C(C)(C)C)c2CN1C.CNC(=O)[C@@H](NC(=O)c1nc(-c2ccc(F)c(F)c2)n2c1CN(C)C(C)CC2)C(C)C.CNC(=O)[C@H](CC(C)C)NC(=O)c1nc(-c2ccc(F)c(F)c2)n2c1CN(C)C(C)CC2. The van der Waals surface area contributed by atoms with Gasteiger partial charge in [-0.15, -0.1) is 0 Å². The van der Waals surface area contributed by atoms with Crippen molar-refractivity contribution in [3.05, 3.63) is 165 Å². The van der Waals surface area contributed by atoms with Crippen LogP contribution in [-0.4, -0.2) is 207 Å². The number of benzene rings is 4. The van der Waals surface area contributed by atoms with Gasteiger partial charge in [0.2, 0.25) is 23.6 Å². The van der Waals surface area contributed by atoms with E-state index in [1.165, 1.54) is 38.4 Å². The fraction of sp³-hybridized carbons (Fsp3) is 0.542. The Morgan fingerprint density at radius 1 is 0.379 bits per heavy atom. The zero-order chi connectivity index (χ0) is 97.5. The summed E-state index contributed by atoms with van der Waals surface area (Å²) in [5.74, 6) is -8.87. The standard InChI is InChI=1S/C26H37F2N5O2.C25H33F2N5O2.C23H31F2N5O2.C22H29F2N5O2/c1-15-11-12-33-19(14-32(15)8)20(29-22(33)16-9-10-17(27)18(28)13-16)23(34)30-21(25(2,3)4)24(35)31-26(5,6)7;1-14-10-11-32-19(13-31(14)5)20(29-22(32)15-6-9-17(26)18(27)12-15)23(33)30-21(25(2,3)4)24(34)28-16-7-8-16;1-13(2)10-18(22(31)26-4)27-23(32)20-19-12-29(5)14(3)8-9-30(19)21(28-20)15-6-7-16(24)17(25)11-15;1-12(2)18(21(30)25-4)27-22(31)19-17-11-28(5)13(3)8-9-29(17)20(26-19)14-6-7-15(23)16(24)10-14/h9-10,13,15,21H,11-12,14H2,1-8H3,(H,30,34)(H,31,35);6,9,12,14,16,21H,7-8,10-11,13H2,1-5H3,(H,28,34)(H,30,33);6-7,11,13-14,18H,8-10,12H2,1-5H3,(H,26,31)(H,27,32);6-7,10,12-13,18H,8-9,11H2,1-5H3,(H,25,30)(H,27,31)/t15?,21-;14?,21-;14?,18-;13?,18-/m1100/s1. The summed E-state index contributed by atoms with van der Waals surface area (Å²) in [5, 5.41) is 22.5. The first kappa shape index (κ1) is 103. The van der Waals surface area contributed by atoms with Crippen molar-refractivity contribution in [3.63, 3.8) is 0 Å². The third-order valence-electron chi connectivity index (χ3n) is 24.8. The van der Waals surface area contributed by atoms with Crippen molar-refractivity contribution in [2.45, 2.75) is 275 Å². The average molecular weight is 1840 g/mol. The third-order valence-corrected chi connectivity index (χ3v) is 24.8. The lowest BCUT2D eigenvalue weighted by Gasteiger charge is -2.33. The number of hydrogen-bond acceptors (Lipinski definition) is 16. The zero-order valence-corrected chi connectivity index (χ0v) is 80.0. The minimum Gasteiger partial charge on any atom is -0.357 e. The summed E-state index contributed by atoms with van der Waals surface area (Å²) in [5.41, 5.74) is 3.56. The van der Waals surface area contributed by atoms with Gasteiger partial charge in [-0.2, -0.15) is 0 Å². The first-order valence-corrected chi connectivity index (χ1v) is 45.1. The predicted octanol–water partition coefficient (Wildman–Crippen LogP) is 13.1. The van der Waals surface area contributed by atoms with E-state index < -0.39 is 111 Å². The van der Waals surface area contributed by atoms with Crippen LogP contribution in [-0.2, 0) is 71.5 Å². The number of likely N-dealkylation sites (N-methyl/N-ethyl adjacent to an activating group) is 2. The molecule has 4 unspecified atom stereocenters. The van der Waals surface area contributed by atoms with Gasteiger partial charge in [0.15, 0.2) is 69.3 Å². The molecule has 0 bridgehead atoms. The van der Waals surface area contributed by atoms with Crippen molar-refractivity contribution < 1.29 is 73.5 Å². The van der Waals surface area contributed by atoms with Gasteiger partial charge in [0.25, 0.3) is 23.6 Å². The van der Waals surface area contributed by atoms with E-state index in [0.717, 1.165) is 87.1 Å². The van der Waals surface area contributed by atoms with Gasteiger partial charge in [0.1, 0.15) is 47.5 Å². The molecule has 132 heavy (non-hydrogen) atoms. The number of nitrogens with zero attached hydrogens (tertiary/aromatic N) is 12. The topological polar surface area (TPSA) is 317 Å². The third kappa shape index (κ3) is 25.0. The molecule has 28 nitrogen and oxygen atoms in total. The highest BCUT2D eigenvalue weighted by molar-refractivity contribution is 6.01. The van der Waals surface area contributed by atoms with E-state index in [2.05, 4.69) is 110 Å². The van der Waals surface area contributed by atoms with Crippen molar-refractivity contribution in [1.29, 1.82) is 0 Å². The lowest BCUT2D eigenvalue weighted by atomic mass is 9.85. The molecule has 4 aromatic carbocycles. The first-order chi connectivity index (χ1) is 61.8. The van der Waals surface area contributed by atoms with E-state index >= 15 is 0 Å². The largest absolute Gasteiger partial charge is 0.357 e. The first-order valence-electron chi connectivity index (χ1n) is 45.1. The van der Waals surface area contributed by atoms with Gasteiger partial charge in [0, 0.05) is 124 Å².